The van der Waals surface area contributed by atoms with E-state index in [0.717, 1.165) is 11.4 Å². The Balaban J connectivity index is 1.67. The molecule has 0 aliphatic heterocycles. The molecule has 11 heteroatoms. The van der Waals surface area contributed by atoms with Gasteiger partial charge < -0.3 is 9.47 Å². The molecule has 0 radical (unpaired) electrons. The van der Waals surface area contributed by atoms with Gasteiger partial charge in [0.15, 0.2) is 28.6 Å². The first-order valence-electron chi connectivity index (χ1n) is 9.64. The van der Waals surface area contributed by atoms with Crippen molar-refractivity contribution in [3.63, 3.8) is 0 Å². The second kappa shape index (κ2) is 10.9. The highest BCUT2D eigenvalue weighted by Gasteiger charge is 2.21. The summed E-state index contributed by atoms with van der Waals surface area (Å²) in [5.41, 5.74) is 0. The van der Waals surface area contributed by atoms with Crippen LogP contribution < -0.4 is 14.8 Å². The van der Waals surface area contributed by atoms with E-state index in [9.17, 15) is 4.79 Å². The molecule has 0 saturated heterocycles. The summed E-state index contributed by atoms with van der Waals surface area (Å²) in [6, 6.07) is 7.42. The zero-order valence-corrected chi connectivity index (χ0v) is 19.2. The minimum Gasteiger partial charge on any atom is -0.493 e. The minimum atomic E-state index is -0.388. The van der Waals surface area contributed by atoms with Crippen LogP contribution in [0, 0.1) is 0 Å². The van der Waals surface area contributed by atoms with Gasteiger partial charge in [-0.05, 0) is 25.5 Å². The van der Waals surface area contributed by atoms with Gasteiger partial charge in [-0.3, -0.25) is 14.7 Å². The third-order valence-corrected chi connectivity index (χ3v) is 6.09. The average Bonchev–Trinajstić information content (AvgIpc) is 3.39. The number of methoxy groups -OCH3 is 1. The van der Waals surface area contributed by atoms with E-state index in [4.69, 9.17) is 9.47 Å². The molecule has 164 valence electrons. The van der Waals surface area contributed by atoms with E-state index in [1.807, 2.05) is 42.7 Å². The van der Waals surface area contributed by atoms with Gasteiger partial charge in [0, 0.05) is 6.54 Å². The van der Waals surface area contributed by atoms with Crippen molar-refractivity contribution in [3.8, 4) is 11.5 Å². The zero-order valence-electron chi connectivity index (χ0n) is 17.6. The summed E-state index contributed by atoms with van der Waals surface area (Å²) in [4.78, 5) is 12.3. The highest BCUT2D eigenvalue weighted by molar-refractivity contribution is 7.99. The number of thioether (sulfide) groups is 1. The van der Waals surface area contributed by atoms with Crippen molar-refractivity contribution in [2.24, 2.45) is 0 Å². The number of benzene rings is 1. The van der Waals surface area contributed by atoms with Crippen LogP contribution in [0.15, 0.2) is 42.1 Å². The normalized spacial score (nSPS) is 11.7. The van der Waals surface area contributed by atoms with Gasteiger partial charge in [-0.25, -0.2) is 0 Å². The van der Waals surface area contributed by atoms with Crippen LogP contribution in [0.5, 0.6) is 11.5 Å². The standard InChI is InChI=1S/C20H24N6O3S2/c1-5-11-26-18(13(3)29-15-10-8-7-9-14(15)28-4)23-25-20(26)30-12-16(27)21-19-24-22-17(6-2)31-19/h5,7-10,13H,1,6,11-12H2,2-4H3,(H,21,24,27). The van der Waals surface area contributed by atoms with E-state index in [0.29, 0.717) is 34.2 Å². The number of allylic oxidation sites excluding steroid dienone is 1. The molecule has 2 heterocycles. The Hall–Kier alpha value is -2.92. The molecular formula is C20H24N6O3S2. The maximum Gasteiger partial charge on any atom is 0.236 e. The summed E-state index contributed by atoms with van der Waals surface area (Å²) < 4.78 is 13.3. The van der Waals surface area contributed by atoms with Crippen LogP contribution in [0.25, 0.3) is 0 Å². The number of amides is 1. The number of rotatable bonds is 11. The molecule has 0 spiro atoms. The number of hydrogen-bond donors (Lipinski definition) is 1. The first kappa shape index (κ1) is 22.8. The van der Waals surface area contributed by atoms with Gasteiger partial charge in [-0.1, -0.05) is 48.2 Å². The van der Waals surface area contributed by atoms with Crippen LogP contribution in [0.1, 0.15) is 30.8 Å². The van der Waals surface area contributed by atoms with Crippen molar-refractivity contribution in [2.75, 3.05) is 18.2 Å². The molecule has 1 aromatic carbocycles. The number of carbonyl (C=O) groups is 1. The van der Waals surface area contributed by atoms with E-state index in [1.54, 1.807) is 13.2 Å². The van der Waals surface area contributed by atoms with Gasteiger partial charge in [0.05, 0.1) is 12.9 Å². The number of anilines is 1. The molecule has 1 unspecified atom stereocenters. The van der Waals surface area contributed by atoms with Gasteiger partial charge in [-0.15, -0.1) is 27.0 Å². The Morgan fingerprint density at radius 2 is 2.06 bits per heavy atom. The highest BCUT2D eigenvalue weighted by Crippen LogP contribution is 2.31. The lowest BCUT2D eigenvalue weighted by Gasteiger charge is -2.17. The molecule has 2 aromatic heterocycles. The van der Waals surface area contributed by atoms with E-state index in [1.165, 1.54) is 23.1 Å². The Morgan fingerprint density at radius 1 is 1.29 bits per heavy atom. The molecule has 0 saturated carbocycles. The van der Waals surface area contributed by atoms with Crippen molar-refractivity contribution in [2.45, 2.75) is 38.1 Å². The minimum absolute atomic E-state index is 0.165. The molecule has 1 N–H and O–H groups in total. The first-order chi connectivity index (χ1) is 15.0. The summed E-state index contributed by atoms with van der Waals surface area (Å²) in [6.07, 6.45) is 2.14. The Bertz CT molecular complexity index is 1040. The predicted octanol–water partition coefficient (Wildman–Crippen LogP) is 3.76. The van der Waals surface area contributed by atoms with Crippen LogP contribution >= 0.6 is 23.1 Å². The molecule has 3 aromatic rings. The van der Waals surface area contributed by atoms with Gasteiger partial charge in [0.2, 0.25) is 11.0 Å². The van der Waals surface area contributed by atoms with Crippen molar-refractivity contribution < 1.29 is 14.3 Å². The fourth-order valence-electron chi connectivity index (χ4n) is 2.70. The quantitative estimate of drug-likeness (QED) is 0.341. The third-order valence-electron chi connectivity index (χ3n) is 4.14. The lowest BCUT2D eigenvalue weighted by molar-refractivity contribution is -0.113. The summed E-state index contributed by atoms with van der Waals surface area (Å²) >= 11 is 2.65. The van der Waals surface area contributed by atoms with Crippen molar-refractivity contribution in [1.82, 2.24) is 25.0 Å². The maximum atomic E-state index is 12.3. The Morgan fingerprint density at radius 3 is 2.74 bits per heavy atom. The molecule has 0 bridgehead atoms. The second-order valence-corrected chi connectivity index (χ2v) is 8.35. The molecule has 9 nitrogen and oxygen atoms in total. The molecule has 0 aliphatic carbocycles. The number of nitrogens with one attached hydrogen (secondary N) is 1. The van der Waals surface area contributed by atoms with Gasteiger partial charge in [-0.2, -0.15) is 0 Å². The third kappa shape index (κ3) is 5.82. The Labute approximate surface area is 188 Å². The maximum absolute atomic E-state index is 12.3. The monoisotopic (exact) mass is 460 g/mol. The number of ether oxygens (including phenoxy) is 2. The molecule has 0 fully saturated rings. The van der Waals surface area contributed by atoms with Gasteiger partial charge in [0.1, 0.15) is 5.01 Å². The lowest BCUT2D eigenvalue weighted by atomic mass is 10.3. The largest absolute Gasteiger partial charge is 0.493 e. The molecule has 1 amide bonds. The number of carbonyl (C=O) groups excluding carboxylic acids is 1. The number of nitrogens with zero attached hydrogens (tertiary/aromatic N) is 5. The van der Waals surface area contributed by atoms with E-state index >= 15 is 0 Å². The molecule has 0 aliphatic rings. The lowest BCUT2D eigenvalue weighted by Crippen LogP contribution is -2.15. The van der Waals surface area contributed by atoms with Crippen molar-refractivity contribution in [1.29, 1.82) is 0 Å². The van der Waals surface area contributed by atoms with Crippen LogP contribution in [-0.4, -0.2) is 43.7 Å². The number of aryl methyl sites for hydroxylation is 1. The summed E-state index contributed by atoms with van der Waals surface area (Å²) in [5.74, 6) is 1.86. The van der Waals surface area contributed by atoms with E-state index in [2.05, 4.69) is 32.3 Å². The fraction of sp³-hybridized carbons (Fsp3) is 0.350. The second-order valence-electron chi connectivity index (χ2n) is 6.34. The number of para-hydroxylation sites is 2. The Kier molecular flexibility index (Phi) is 8.01. The van der Waals surface area contributed by atoms with Gasteiger partial charge in [0.25, 0.3) is 0 Å². The summed E-state index contributed by atoms with van der Waals surface area (Å²) in [7, 11) is 1.59. The first-order valence-corrected chi connectivity index (χ1v) is 11.4. The van der Waals surface area contributed by atoms with E-state index in [-0.39, 0.29) is 17.8 Å². The van der Waals surface area contributed by atoms with Crippen LogP contribution in [0.2, 0.25) is 0 Å². The topological polar surface area (TPSA) is 104 Å². The zero-order chi connectivity index (χ0) is 22.2. The average molecular weight is 461 g/mol. The summed E-state index contributed by atoms with van der Waals surface area (Å²) in [5, 5.41) is 21.2. The molecular weight excluding hydrogens is 436 g/mol. The van der Waals surface area contributed by atoms with E-state index < -0.39 is 0 Å². The summed E-state index contributed by atoms with van der Waals surface area (Å²) in [6.45, 7) is 8.18. The van der Waals surface area contributed by atoms with Crippen LogP contribution in [0.4, 0.5) is 5.13 Å². The number of hydrogen-bond acceptors (Lipinski definition) is 9. The fourth-order valence-corrected chi connectivity index (χ4v) is 4.15. The van der Waals surface area contributed by atoms with Crippen molar-refractivity contribution >= 4 is 34.1 Å². The van der Waals surface area contributed by atoms with Crippen LogP contribution in [-0.2, 0) is 17.8 Å². The predicted molar refractivity (Wildman–Crippen MR) is 121 cm³/mol. The number of aromatic nitrogens is 5. The van der Waals surface area contributed by atoms with Crippen molar-refractivity contribution in [3.05, 3.63) is 47.8 Å². The smallest absolute Gasteiger partial charge is 0.236 e. The SMILES string of the molecule is C=CCn1c(SCC(=O)Nc2nnc(CC)s2)nnc1C(C)Oc1ccccc1OC. The van der Waals surface area contributed by atoms with Crippen LogP contribution in [0.3, 0.4) is 0 Å². The highest BCUT2D eigenvalue weighted by atomic mass is 32.2. The van der Waals surface area contributed by atoms with Gasteiger partial charge >= 0.3 is 0 Å². The molecule has 3 rings (SSSR count). The molecule has 31 heavy (non-hydrogen) atoms. The molecule has 1 atom stereocenters.